The van der Waals surface area contributed by atoms with Crippen LogP contribution in [0.15, 0.2) is 0 Å². The zero-order valence-electron chi connectivity index (χ0n) is 8.50. The van der Waals surface area contributed by atoms with Crippen molar-refractivity contribution in [1.29, 1.82) is 0 Å². The van der Waals surface area contributed by atoms with E-state index in [1.54, 1.807) is 13.8 Å². The van der Waals surface area contributed by atoms with E-state index in [1.807, 2.05) is 0 Å². The highest BCUT2D eigenvalue weighted by Gasteiger charge is 2.40. The summed E-state index contributed by atoms with van der Waals surface area (Å²) in [5.74, 6) is -1.90. The summed E-state index contributed by atoms with van der Waals surface area (Å²) in [4.78, 5) is 33.3. The van der Waals surface area contributed by atoms with Gasteiger partial charge in [-0.25, -0.2) is 0 Å². The molecule has 0 aromatic heterocycles. The van der Waals surface area contributed by atoms with E-state index in [2.05, 4.69) is 0 Å². The Morgan fingerprint density at radius 3 is 1.71 bits per heavy atom. The minimum absolute atomic E-state index is 0.297. The molecule has 0 bridgehead atoms. The smallest absolute Gasteiger partial charge is 0.231 e. The Kier molecular flexibility index (Phi) is 4.27. The third kappa shape index (κ3) is 2.31. The molecule has 0 unspecified atom stereocenters. The van der Waals surface area contributed by atoms with Crippen molar-refractivity contribution in [2.75, 3.05) is 0 Å². The number of amides is 2. The lowest BCUT2D eigenvalue weighted by molar-refractivity contribution is -0.142. The highest BCUT2D eigenvalue weighted by molar-refractivity contribution is 6.11. The summed E-state index contributed by atoms with van der Waals surface area (Å²) in [6.45, 7) is 3.38. The summed E-state index contributed by atoms with van der Waals surface area (Å²) in [5.41, 5.74) is 8.82. The molecule has 0 fully saturated rings. The van der Waals surface area contributed by atoms with Gasteiger partial charge in [-0.15, -0.1) is 0 Å². The van der Waals surface area contributed by atoms with E-state index >= 15 is 0 Å². The van der Waals surface area contributed by atoms with Crippen LogP contribution in [0.2, 0.25) is 0 Å². The predicted octanol–water partition coefficient (Wildman–Crippen LogP) is -0.277. The molecule has 0 rings (SSSR count). The Labute approximate surface area is 82.8 Å². The van der Waals surface area contributed by atoms with Crippen molar-refractivity contribution in [2.45, 2.75) is 33.1 Å². The van der Waals surface area contributed by atoms with Crippen molar-refractivity contribution >= 4 is 17.6 Å². The van der Waals surface area contributed by atoms with Crippen molar-refractivity contribution in [3.05, 3.63) is 0 Å². The minimum Gasteiger partial charge on any atom is -0.369 e. The maximum atomic E-state index is 11.6. The number of Topliss-reactive ketones (excluding diaryl/α,β-unsaturated/α-hetero) is 1. The molecule has 0 aliphatic carbocycles. The fourth-order valence-electron chi connectivity index (χ4n) is 1.46. The first-order valence-corrected chi connectivity index (χ1v) is 4.52. The third-order valence-electron chi connectivity index (χ3n) is 2.55. The summed E-state index contributed by atoms with van der Waals surface area (Å²) >= 11 is 0. The first kappa shape index (κ1) is 12.6. The summed E-state index contributed by atoms with van der Waals surface area (Å²) in [6, 6.07) is 0. The number of ketones is 1. The highest BCUT2D eigenvalue weighted by Crippen LogP contribution is 2.28. The third-order valence-corrected chi connectivity index (χ3v) is 2.55. The molecule has 0 atom stereocenters. The molecule has 0 aliphatic heterocycles. The number of carbonyl (C=O) groups is 3. The average molecular weight is 200 g/mol. The molecule has 0 saturated carbocycles. The van der Waals surface area contributed by atoms with Crippen LogP contribution in [-0.2, 0) is 14.4 Å². The fraction of sp³-hybridized carbons (Fsp3) is 0.667. The maximum Gasteiger partial charge on any atom is 0.231 e. The van der Waals surface area contributed by atoms with Crippen LogP contribution in [-0.4, -0.2) is 17.6 Å². The zero-order chi connectivity index (χ0) is 11.4. The van der Waals surface area contributed by atoms with E-state index in [9.17, 15) is 14.4 Å². The second kappa shape index (κ2) is 4.74. The Hall–Kier alpha value is -1.39. The number of hydrogen-bond donors (Lipinski definition) is 2. The van der Waals surface area contributed by atoms with Gasteiger partial charge in [-0.05, 0) is 12.8 Å². The molecule has 5 nitrogen and oxygen atoms in total. The van der Waals surface area contributed by atoms with E-state index in [1.165, 1.54) is 0 Å². The molecule has 0 aromatic rings. The van der Waals surface area contributed by atoms with Gasteiger partial charge in [0, 0.05) is 0 Å². The largest absolute Gasteiger partial charge is 0.369 e. The second-order valence-corrected chi connectivity index (χ2v) is 3.22. The molecular formula is C9H16N2O3. The maximum absolute atomic E-state index is 11.6. The Morgan fingerprint density at radius 2 is 1.50 bits per heavy atom. The van der Waals surface area contributed by atoms with Gasteiger partial charge in [0.05, 0.1) is 6.42 Å². The fourth-order valence-corrected chi connectivity index (χ4v) is 1.46. The van der Waals surface area contributed by atoms with Crippen LogP contribution in [0, 0.1) is 5.41 Å². The van der Waals surface area contributed by atoms with Gasteiger partial charge in [0.2, 0.25) is 11.8 Å². The summed E-state index contributed by atoms with van der Waals surface area (Å²) < 4.78 is 0. The summed E-state index contributed by atoms with van der Waals surface area (Å²) in [5, 5.41) is 0. The van der Waals surface area contributed by atoms with Gasteiger partial charge in [-0.1, -0.05) is 13.8 Å². The molecular weight excluding hydrogens is 184 g/mol. The second-order valence-electron chi connectivity index (χ2n) is 3.22. The minimum atomic E-state index is -1.23. The summed E-state index contributed by atoms with van der Waals surface area (Å²) in [7, 11) is 0. The number of hydrogen-bond acceptors (Lipinski definition) is 3. The molecule has 80 valence electrons. The Morgan fingerprint density at radius 1 is 1.07 bits per heavy atom. The quantitative estimate of drug-likeness (QED) is 0.576. The van der Waals surface area contributed by atoms with Gasteiger partial charge < -0.3 is 11.5 Å². The lowest BCUT2D eigenvalue weighted by Crippen LogP contribution is -2.44. The standard InChI is InChI=1S/C9H16N2O3/c1-3-9(4-2,8(11)14)6(12)5-7(10)13/h3-5H2,1-2H3,(H2,10,13)(H2,11,14). The molecule has 14 heavy (non-hydrogen) atoms. The zero-order valence-corrected chi connectivity index (χ0v) is 8.50. The Bertz CT molecular complexity index is 257. The molecule has 4 N–H and O–H groups in total. The molecule has 0 aliphatic rings. The molecule has 0 saturated heterocycles. The van der Waals surface area contributed by atoms with Gasteiger partial charge in [-0.2, -0.15) is 0 Å². The van der Waals surface area contributed by atoms with Crippen molar-refractivity contribution in [3.8, 4) is 0 Å². The first-order valence-electron chi connectivity index (χ1n) is 4.52. The number of primary amides is 2. The van der Waals surface area contributed by atoms with Crippen LogP contribution in [0.3, 0.4) is 0 Å². The van der Waals surface area contributed by atoms with Crippen LogP contribution in [0.4, 0.5) is 0 Å². The normalized spacial score (nSPS) is 11.0. The number of rotatable bonds is 6. The Balaban J connectivity index is 4.90. The number of carbonyl (C=O) groups excluding carboxylic acids is 3. The lowest BCUT2D eigenvalue weighted by Gasteiger charge is -2.25. The molecule has 0 aromatic carbocycles. The van der Waals surface area contributed by atoms with Gasteiger partial charge in [0.25, 0.3) is 0 Å². The molecule has 5 heteroatoms. The van der Waals surface area contributed by atoms with Crippen molar-refractivity contribution in [3.63, 3.8) is 0 Å². The van der Waals surface area contributed by atoms with Gasteiger partial charge >= 0.3 is 0 Å². The van der Waals surface area contributed by atoms with Gasteiger partial charge in [0.15, 0.2) is 5.78 Å². The van der Waals surface area contributed by atoms with E-state index in [0.717, 1.165) is 0 Å². The average Bonchev–Trinajstić information content (AvgIpc) is 2.05. The van der Waals surface area contributed by atoms with Crippen LogP contribution in [0.5, 0.6) is 0 Å². The molecule has 0 radical (unpaired) electrons. The van der Waals surface area contributed by atoms with Crippen LogP contribution >= 0.6 is 0 Å². The van der Waals surface area contributed by atoms with E-state index < -0.39 is 29.4 Å². The van der Waals surface area contributed by atoms with E-state index in [4.69, 9.17) is 11.5 Å². The van der Waals surface area contributed by atoms with Gasteiger partial charge in [0.1, 0.15) is 5.41 Å². The highest BCUT2D eigenvalue weighted by atomic mass is 16.2. The first-order chi connectivity index (χ1) is 6.40. The van der Waals surface area contributed by atoms with E-state index in [0.29, 0.717) is 12.8 Å². The molecule has 2 amide bonds. The monoisotopic (exact) mass is 200 g/mol. The van der Waals surface area contributed by atoms with Crippen molar-refractivity contribution in [2.24, 2.45) is 16.9 Å². The molecule has 0 heterocycles. The van der Waals surface area contributed by atoms with E-state index in [-0.39, 0.29) is 0 Å². The number of nitrogens with two attached hydrogens (primary N) is 2. The topological polar surface area (TPSA) is 103 Å². The lowest BCUT2D eigenvalue weighted by atomic mass is 9.76. The summed E-state index contributed by atoms with van der Waals surface area (Å²) in [6.07, 6.45) is 0.167. The molecule has 0 spiro atoms. The van der Waals surface area contributed by atoms with Crippen LogP contribution < -0.4 is 11.5 Å². The van der Waals surface area contributed by atoms with Crippen molar-refractivity contribution < 1.29 is 14.4 Å². The SMILES string of the molecule is CCC(CC)(C(N)=O)C(=O)CC(N)=O. The van der Waals surface area contributed by atoms with Gasteiger partial charge in [-0.3, -0.25) is 14.4 Å². The van der Waals surface area contributed by atoms with Crippen molar-refractivity contribution in [1.82, 2.24) is 0 Å². The predicted molar refractivity (Wildman–Crippen MR) is 51.0 cm³/mol. The van der Waals surface area contributed by atoms with Crippen LogP contribution in [0.25, 0.3) is 0 Å². The van der Waals surface area contributed by atoms with Crippen LogP contribution in [0.1, 0.15) is 33.1 Å².